The maximum Gasteiger partial charge on any atom is 0.419 e. The molecule has 3 heterocycles. The molecule has 4 rings (SSSR count). The second-order valence-electron chi connectivity index (χ2n) is 7.16. The molecule has 0 fully saturated rings. The highest BCUT2D eigenvalue weighted by Gasteiger charge is 2.36. The van der Waals surface area contributed by atoms with Crippen LogP contribution in [0.3, 0.4) is 0 Å². The summed E-state index contributed by atoms with van der Waals surface area (Å²) in [6.45, 7) is 3.89. The van der Waals surface area contributed by atoms with Gasteiger partial charge in [-0.3, -0.25) is 0 Å². The van der Waals surface area contributed by atoms with Crippen molar-refractivity contribution in [2.45, 2.75) is 26.1 Å². The minimum Gasteiger partial charge on any atom is -0.491 e. The number of rotatable bonds is 0. The summed E-state index contributed by atoms with van der Waals surface area (Å²) in [4.78, 5) is 15.2. The topological polar surface area (TPSA) is 63.2 Å². The number of hydrogen-bond donors (Lipinski definition) is 1. The first kappa shape index (κ1) is 20.5. The third kappa shape index (κ3) is 3.69. The van der Waals surface area contributed by atoms with Gasteiger partial charge in [0.05, 0.1) is 29.4 Å². The number of ether oxygens (including phenoxy) is 1. The van der Waals surface area contributed by atoms with Gasteiger partial charge in [0.25, 0.3) is 0 Å². The monoisotopic (exact) mass is 437 g/mol. The Morgan fingerprint density at radius 2 is 2.00 bits per heavy atom. The van der Waals surface area contributed by atoms with Crippen LogP contribution in [-0.4, -0.2) is 35.2 Å². The van der Waals surface area contributed by atoms with Crippen LogP contribution in [0.5, 0.6) is 5.75 Å². The number of likely N-dealkylation sites (N-methyl/N-ethyl adjacent to an activating group) is 1. The maximum atomic E-state index is 13.6. The quantitative estimate of drug-likeness (QED) is 0.499. The predicted octanol–water partition coefficient (Wildman–Crippen LogP) is 5.01. The summed E-state index contributed by atoms with van der Waals surface area (Å²) in [7, 11) is 1.75. The third-order valence-electron chi connectivity index (χ3n) is 5.00. The first-order chi connectivity index (χ1) is 14.1. The van der Waals surface area contributed by atoms with Crippen molar-refractivity contribution in [1.29, 1.82) is 0 Å². The van der Waals surface area contributed by atoms with Gasteiger partial charge in [-0.15, -0.1) is 0 Å². The second kappa shape index (κ2) is 7.46. The zero-order valence-electron chi connectivity index (χ0n) is 16.5. The number of anilines is 2. The number of para-hydroxylation sites is 1. The molecule has 0 aliphatic carbocycles. The number of alkyl halides is 3. The van der Waals surface area contributed by atoms with Crippen molar-refractivity contribution in [2.75, 3.05) is 30.4 Å². The lowest BCUT2D eigenvalue weighted by Gasteiger charge is -2.22. The summed E-state index contributed by atoms with van der Waals surface area (Å²) in [5, 5.41) is 4.15. The second-order valence-corrected chi connectivity index (χ2v) is 7.54. The van der Waals surface area contributed by atoms with Crippen molar-refractivity contribution < 1.29 is 17.9 Å². The minimum atomic E-state index is -4.53. The van der Waals surface area contributed by atoms with Gasteiger partial charge >= 0.3 is 6.18 Å². The molecule has 1 aliphatic rings. The summed E-state index contributed by atoms with van der Waals surface area (Å²) < 4.78 is 46.4. The number of aromatic nitrogens is 3. The molecule has 0 saturated carbocycles. The summed E-state index contributed by atoms with van der Waals surface area (Å²) in [6, 6.07) is 5.14. The van der Waals surface area contributed by atoms with Gasteiger partial charge in [0, 0.05) is 18.0 Å². The molecule has 10 heteroatoms. The highest BCUT2D eigenvalue weighted by Crippen LogP contribution is 2.41. The van der Waals surface area contributed by atoms with E-state index in [1.165, 1.54) is 6.07 Å². The number of nitrogens with zero attached hydrogens (tertiary/aromatic N) is 4. The van der Waals surface area contributed by atoms with Crippen LogP contribution < -0.4 is 15.0 Å². The Morgan fingerprint density at radius 1 is 1.23 bits per heavy atom. The molecule has 0 radical (unpaired) electrons. The highest BCUT2D eigenvalue weighted by atomic mass is 35.5. The Balaban J connectivity index is 1.91. The molecule has 1 atom stereocenters. The number of pyridine rings is 1. The lowest BCUT2D eigenvalue weighted by Crippen LogP contribution is -2.26. The zero-order chi connectivity index (χ0) is 21.6. The molecule has 1 N–H and O–H groups in total. The summed E-state index contributed by atoms with van der Waals surface area (Å²) in [5.41, 5.74) is 0.840. The van der Waals surface area contributed by atoms with E-state index in [0.717, 1.165) is 6.07 Å². The van der Waals surface area contributed by atoms with Crippen molar-refractivity contribution >= 4 is 34.3 Å². The molecule has 2 bridgehead atoms. The van der Waals surface area contributed by atoms with Gasteiger partial charge in [-0.2, -0.15) is 18.2 Å². The van der Waals surface area contributed by atoms with Gasteiger partial charge in [0.2, 0.25) is 5.95 Å². The van der Waals surface area contributed by atoms with Crippen LogP contribution in [0.2, 0.25) is 5.15 Å². The van der Waals surface area contributed by atoms with Crippen LogP contribution >= 0.6 is 11.6 Å². The molecule has 158 valence electrons. The zero-order valence-corrected chi connectivity index (χ0v) is 17.3. The van der Waals surface area contributed by atoms with Gasteiger partial charge in [0.1, 0.15) is 23.3 Å². The van der Waals surface area contributed by atoms with E-state index in [4.69, 9.17) is 16.3 Å². The first-order valence-corrected chi connectivity index (χ1v) is 9.68. The fourth-order valence-corrected chi connectivity index (χ4v) is 3.70. The van der Waals surface area contributed by atoms with E-state index in [2.05, 4.69) is 20.3 Å². The average Bonchev–Trinajstić information content (AvgIpc) is 2.68. The minimum absolute atomic E-state index is 0.0396. The van der Waals surface area contributed by atoms with E-state index >= 15 is 0 Å². The molecule has 3 aromatic rings. The van der Waals surface area contributed by atoms with E-state index in [-0.39, 0.29) is 17.5 Å². The molecular formula is C20H19ClF3N5O. The van der Waals surface area contributed by atoms with Crippen LogP contribution in [0.4, 0.5) is 24.9 Å². The Morgan fingerprint density at radius 3 is 2.73 bits per heavy atom. The summed E-state index contributed by atoms with van der Waals surface area (Å²) in [5.74, 6) is 0.698. The van der Waals surface area contributed by atoms with Crippen molar-refractivity contribution in [3.8, 4) is 5.75 Å². The third-order valence-corrected chi connectivity index (χ3v) is 5.19. The van der Waals surface area contributed by atoms with Gasteiger partial charge in [-0.25, -0.2) is 9.97 Å². The predicted molar refractivity (Wildman–Crippen MR) is 109 cm³/mol. The average molecular weight is 438 g/mol. The van der Waals surface area contributed by atoms with Crippen molar-refractivity contribution in [3.63, 3.8) is 0 Å². The van der Waals surface area contributed by atoms with Gasteiger partial charge in [0.15, 0.2) is 0 Å². The van der Waals surface area contributed by atoms with Crippen LogP contribution in [0.25, 0.3) is 10.9 Å². The molecule has 0 spiro atoms. The Labute approximate surface area is 176 Å². The standard InChI is InChI=1S/C20H19ClF3N5O/c1-10-12-5-4-6-14(20(22,23)24)17(12)30-8-7-29(3)19-27-16-11(2)25-15(21)9-13(16)18(26-10)28-19/h4-6,9-10H,7-8H2,1-3H3,(H,26,27,28)/t10-/m1/s1. The van der Waals surface area contributed by atoms with Gasteiger partial charge < -0.3 is 15.0 Å². The van der Waals surface area contributed by atoms with E-state index in [0.29, 0.717) is 40.5 Å². The molecule has 0 amide bonds. The van der Waals surface area contributed by atoms with Crippen molar-refractivity contribution in [1.82, 2.24) is 15.0 Å². The molecule has 6 nitrogen and oxygen atoms in total. The smallest absolute Gasteiger partial charge is 0.419 e. The Kier molecular flexibility index (Phi) is 5.09. The Bertz CT molecular complexity index is 1120. The highest BCUT2D eigenvalue weighted by molar-refractivity contribution is 6.30. The normalized spacial score (nSPS) is 17.0. The van der Waals surface area contributed by atoms with E-state index in [1.807, 2.05) is 0 Å². The number of fused-ring (bicyclic) bond motifs is 5. The molecule has 30 heavy (non-hydrogen) atoms. The number of hydrogen-bond acceptors (Lipinski definition) is 6. The first-order valence-electron chi connectivity index (χ1n) is 9.30. The lowest BCUT2D eigenvalue weighted by atomic mass is 10.0. The van der Waals surface area contributed by atoms with Gasteiger partial charge in [-0.1, -0.05) is 23.7 Å². The number of halogens is 4. The molecular weight excluding hydrogens is 419 g/mol. The van der Waals surface area contributed by atoms with E-state index in [9.17, 15) is 13.2 Å². The van der Waals surface area contributed by atoms with Crippen LogP contribution in [0.1, 0.15) is 29.8 Å². The van der Waals surface area contributed by atoms with E-state index in [1.54, 1.807) is 37.9 Å². The lowest BCUT2D eigenvalue weighted by molar-refractivity contribution is -0.139. The molecule has 0 unspecified atom stereocenters. The largest absolute Gasteiger partial charge is 0.491 e. The molecule has 2 aromatic heterocycles. The molecule has 1 aliphatic heterocycles. The van der Waals surface area contributed by atoms with E-state index < -0.39 is 17.8 Å². The number of nitrogens with one attached hydrogen (secondary N) is 1. The van der Waals surface area contributed by atoms with Crippen LogP contribution in [0.15, 0.2) is 24.3 Å². The van der Waals surface area contributed by atoms with Crippen LogP contribution in [0, 0.1) is 6.92 Å². The van der Waals surface area contributed by atoms with Crippen LogP contribution in [-0.2, 0) is 6.18 Å². The van der Waals surface area contributed by atoms with Crippen molar-refractivity contribution in [2.24, 2.45) is 0 Å². The summed E-state index contributed by atoms with van der Waals surface area (Å²) in [6.07, 6.45) is -4.53. The summed E-state index contributed by atoms with van der Waals surface area (Å²) >= 11 is 6.14. The fourth-order valence-electron chi connectivity index (χ4n) is 3.46. The Hall–Kier alpha value is -2.81. The molecule has 0 saturated heterocycles. The maximum absolute atomic E-state index is 13.6. The number of aryl methyl sites for hydroxylation is 1. The SMILES string of the molecule is Cc1nc(Cl)cc2c3nc(nc12)N(C)CCOc1c(cccc1C(F)(F)F)[C@@H](C)N3. The molecule has 1 aromatic carbocycles. The fraction of sp³-hybridized carbons (Fsp3) is 0.350. The van der Waals surface area contributed by atoms with Gasteiger partial charge in [-0.05, 0) is 26.0 Å². The number of benzene rings is 1. The van der Waals surface area contributed by atoms with Crippen molar-refractivity contribution in [3.05, 3.63) is 46.2 Å².